The average molecular weight is 297 g/mol. The van der Waals surface area contributed by atoms with Crippen LogP contribution < -0.4 is 5.56 Å². The van der Waals surface area contributed by atoms with Crippen molar-refractivity contribution in [3.05, 3.63) is 50.4 Å². The first-order valence-corrected chi connectivity index (χ1v) is 5.39. The largest absolute Gasteiger partial charge is 0.432 e. The van der Waals surface area contributed by atoms with Gasteiger partial charge < -0.3 is 0 Å². The maximum Gasteiger partial charge on any atom is 0.432 e. The SMILES string of the molecule is O=c1cc(C(F)(F)F)[nH]n1-c1cc(Cl)cc(Cl)c1. The molecule has 1 heterocycles. The van der Waals surface area contributed by atoms with Crippen molar-refractivity contribution < 1.29 is 13.2 Å². The van der Waals surface area contributed by atoms with E-state index < -0.39 is 17.4 Å². The number of alkyl halides is 3. The van der Waals surface area contributed by atoms with Gasteiger partial charge in [0.2, 0.25) is 0 Å². The van der Waals surface area contributed by atoms with E-state index in [2.05, 4.69) is 0 Å². The Balaban J connectivity index is 2.58. The minimum absolute atomic E-state index is 0.132. The zero-order valence-electron chi connectivity index (χ0n) is 8.55. The lowest BCUT2D eigenvalue weighted by molar-refractivity contribution is -0.141. The Hall–Kier alpha value is -1.40. The molecule has 0 saturated carbocycles. The molecular formula is C10H5Cl2F3N2O. The topological polar surface area (TPSA) is 37.8 Å². The molecule has 96 valence electrons. The number of hydrogen-bond acceptors (Lipinski definition) is 1. The zero-order chi connectivity index (χ0) is 13.5. The van der Waals surface area contributed by atoms with Gasteiger partial charge in [0.05, 0.1) is 5.69 Å². The lowest BCUT2D eigenvalue weighted by Gasteiger charge is -2.05. The Morgan fingerprint density at radius 2 is 1.61 bits per heavy atom. The Kier molecular flexibility index (Phi) is 3.16. The van der Waals surface area contributed by atoms with Crippen LogP contribution in [0.1, 0.15) is 5.69 Å². The normalized spacial score (nSPS) is 11.8. The molecule has 2 rings (SSSR count). The van der Waals surface area contributed by atoms with Crippen LogP contribution in [0.2, 0.25) is 10.0 Å². The van der Waals surface area contributed by atoms with Gasteiger partial charge in [0, 0.05) is 16.1 Å². The third kappa shape index (κ3) is 2.54. The zero-order valence-corrected chi connectivity index (χ0v) is 10.1. The minimum atomic E-state index is -4.62. The average Bonchev–Trinajstić information content (AvgIpc) is 2.58. The fourth-order valence-corrected chi connectivity index (χ4v) is 1.92. The monoisotopic (exact) mass is 296 g/mol. The van der Waals surface area contributed by atoms with Crippen molar-refractivity contribution >= 4 is 23.2 Å². The highest BCUT2D eigenvalue weighted by Gasteiger charge is 2.33. The van der Waals surface area contributed by atoms with E-state index >= 15 is 0 Å². The van der Waals surface area contributed by atoms with Gasteiger partial charge in [-0.1, -0.05) is 23.2 Å². The molecule has 0 atom stereocenters. The molecule has 3 nitrogen and oxygen atoms in total. The summed E-state index contributed by atoms with van der Waals surface area (Å²) in [5.74, 6) is 0. The molecule has 0 aliphatic rings. The number of halogens is 5. The molecule has 8 heteroatoms. The summed E-state index contributed by atoms with van der Waals surface area (Å²) in [4.78, 5) is 11.5. The van der Waals surface area contributed by atoms with E-state index in [-0.39, 0.29) is 15.7 Å². The van der Waals surface area contributed by atoms with E-state index in [4.69, 9.17) is 23.2 Å². The van der Waals surface area contributed by atoms with Crippen LogP contribution in [-0.2, 0) is 6.18 Å². The molecular weight excluding hydrogens is 292 g/mol. The first-order valence-electron chi connectivity index (χ1n) is 4.63. The van der Waals surface area contributed by atoms with Crippen molar-refractivity contribution in [3.63, 3.8) is 0 Å². The minimum Gasteiger partial charge on any atom is -0.286 e. The van der Waals surface area contributed by atoms with Gasteiger partial charge in [-0.2, -0.15) is 13.2 Å². The van der Waals surface area contributed by atoms with Crippen LogP contribution in [0.5, 0.6) is 0 Å². The fraction of sp³-hybridized carbons (Fsp3) is 0.100. The second-order valence-corrected chi connectivity index (χ2v) is 4.34. The number of hydrogen-bond donors (Lipinski definition) is 1. The summed E-state index contributed by atoms with van der Waals surface area (Å²) in [6.07, 6.45) is -4.62. The Labute approximate surface area is 109 Å². The smallest absolute Gasteiger partial charge is 0.286 e. The Bertz CT molecular complexity index is 625. The second kappa shape index (κ2) is 4.37. The maximum absolute atomic E-state index is 12.4. The van der Waals surface area contributed by atoms with Crippen molar-refractivity contribution in [2.45, 2.75) is 6.18 Å². The number of aromatic amines is 1. The molecule has 0 aliphatic carbocycles. The summed E-state index contributed by atoms with van der Waals surface area (Å²) in [6, 6.07) is 4.52. The van der Waals surface area contributed by atoms with E-state index in [1.165, 1.54) is 18.2 Å². The molecule has 0 unspecified atom stereocenters. The molecule has 18 heavy (non-hydrogen) atoms. The first kappa shape index (κ1) is 13.0. The Morgan fingerprint density at radius 1 is 1.06 bits per heavy atom. The molecule has 0 saturated heterocycles. The van der Waals surface area contributed by atoms with E-state index in [0.717, 1.165) is 4.68 Å². The summed E-state index contributed by atoms with van der Waals surface area (Å²) < 4.78 is 38.0. The fourth-order valence-electron chi connectivity index (χ4n) is 1.40. The first-order chi connectivity index (χ1) is 8.27. The highest BCUT2D eigenvalue weighted by atomic mass is 35.5. The van der Waals surface area contributed by atoms with Crippen LogP contribution in [0.25, 0.3) is 5.69 Å². The van der Waals surface area contributed by atoms with Gasteiger partial charge in [-0.25, -0.2) is 4.68 Å². The van der Waals surface area contributed by atoms with Crippen molar-refractivity contribution in [1.82, 2.24) is 9.78 Å². The molecule has 0 amide bonds. The van der Waals surface area contributed by atoms with Crippen molar-refractivity contribution in [3.8, 4) is 5.69 Å². The van der Waals surface area contributed by atoms with Crippen molar-refractivity contribution in [2.24, 2.45) is 0 Å². The van der Waals surface area contributed by atoms with Gasteiger partial charge >= 0.3 is 6.18 Å². The van der Waals surface area contributed by atoms with Gasteiger partial charge in [-0.3, -0.25) is 9.89 Å². The summed E-state index contributed by atoms with van der Waals surface area (Å²) >= 11 is 11.4. The molecule has 0 spiro atoms. The van der Waals surface area contributed by atoms with Crippen LogP contribution in [0.15, 0.2) is 29.1 Å². The van der Waals surface area contributed by atoms with Crippen molar-refractivity contribution in [1.29, 1.82) is 0 Å². The predicted octanol–water partition coefficient (Wildman–Crippen LogP) is 3.49. The van der Waals surface area contributed by atoms with E-state index in [9.17, 15) is 18.0 Å². The number of H-pyrrole nitrogens is 1. The summed E-state index contributed by atoms with van der Waals surface area (Å²) in [7, 11) is 0. The third-order valence-electron chi connectivity index (χ3n) is 2.13. The van der Waals surface area contributed by atoms with Gasteiger partial charge in [0.15, 0.2) is 0 Å². The van der Waals surface area contributed by atoms with E-state index in [0.29, 0.717) is 6.07 Å². The molecule has 0 aliphatic heterocycles. The highest BCUT2D eigenvalue weighted by molar-refractivity contribution is 6.34. The number of nitrogens with zero attached hydrogens (tertiary/aromatic N) is 1. The molecule has 1 aromatic carbocycles. The van der Waals surface area contributed by atoms with Gasteiger partial charge in [0.1, 0.15) is 5.69 Å². The van der Waals surface area contributed by atoms with Crippen LogP contribution in [0, 0.1) is 0 Å². The molecule has 1 N–H and O–H groups in total. The van der Waals surface area contributed by atoms with Gasteiger partial charge in [0.25, 0.3) is 5.56 Å². The predicted molar refractivity (Wildman–Crippen MR) is 61.4 cm³/mol. The maximum atomic E-state index is 12.4. The van der Waals surface area contributed by atoms with Crippen LogP contribution >= 0.6 is 23.2 Å². The molecule has 0 radical (unpaired) electrons. The van der Waals surface area contributed by atoms with Gasteiger partial charge in [-0.05, 0) is 18.2 Å². The third-order valence-corrected chi connectivity index (χ3v) is 2.57. The lowest BCUT2D eigenvalue weighted by Crippen LogP contribution is -2.13. The lowest BCUT2D eigenvalue weighted by atomic mass is 10.3. The number of aromatic nitrogens is 2. The molecule has 0 bridgehead atoms. The quantitative estimate of drug-likeness (QED) is 0.859. The summed E-state index contributed by atoms with van der Waals surface area (Å²) in [6.45, 7) is 0. The Morgan fingerprint density at radius 3 is 2.06 bits per heavy atom. The van der Waals surface area contributed by atoms with Crippen LogP contribution in [0.3, 0.4) is 0 Å². The highest BCUT2D eigenvalue weighted by Crippen LogP contribution is 2.27. The number of nitrogens with one attached hydrogen (secondary N) is 1. The molecule has 1 aromatic heterocycles. The van der Waals surface area contributed by atoms with Crippen LogP contribution in [-0.4, -0.2) is 9.78 Å². The van der Waals surface area contributed by atoms with E-state index in [1.54, 1.807) is 0 Å². The molecule has 2 aromatic rings. The standard InChI is InChI=1S/C10H5Cl2F3N2O/c11-5-1-6(12)3-7(2-5)17-9(18)4-8(16-17)10(13,14)15/h1-4,16H. The summed E-state index contributed by atoms with van der Waals surface area (Å²) in [5, 5.41) is 2.38. The van der Waals surface area contributed by atoms with E-state index in [1.807, 2.05) is 5.10 Å². The second-order valence-electron chi connectivity index (χ2n) is 3.47. The van der Waals surface area contributed by atoms with Gasteiger partial charge in [-0.15, -0.1) is 0 Å². The molecule has 0 fully saturated rings. The summed E-state index contributed by atoms with van der Waals surface area (Å²) in [5.41, 5.74) is -1.85. The van der Waals surface area contributed by atoms with Crippen molar-refractivity contribution in [2.75, 3.05) is 0 Å². The number of benzene rings is 1. The van der Waals surface area contributed by atoms with Crippen LogP contribution in [0.4, 0.5) is 13.2 Å². The number of rotatable bonds is 1.